The Kier molecular flexibility index (Phi) is 3.30. The Hall–Kier alpha value is -1.50. The molecule has 3 aromatic rings. The third-order valence-electron chi connectivity index (χ3n) is 5.22. The largest absolute Gasteiger partial charge is 0.445 e. The minimum atomic E-state index is -0.121. The Bertz CT molecular complexity index is 990. The molecule has 0 saturated heterocycles. The lowest BCUT2D eigenvalue weighted by Gasteiger charge is -2.69. The van der Waals surface area contributed by atoms with Gasteiger partial charge in [-0.15, -0.1) is 11.3 Å². The summed E-state index contributed by atoms with van der Waals surface area (Å²) in [5.41, 5.74) is 1.02. The average Bonchev–Trinajstić information content (AvgIpc) is 3.15. The lowest BCUT2D eigenvalue weighted by molar-refractivity contribution is -0.0811. The second-order valence-electron chi connectivity index (χ2n) is 7.00. The lowest BCUT2D eigenvalue weighted by Crippen LogP contribution is -2.76. The maximum absolute atomic E-state index is 12.4. The Morgan fingerprint density at radius 3 is 2.84 bits per heavy atom. The second-order valence-corrected chi connectivity index (χ2v) is 9.28. The van der Waals surface area contributed by atoms with Gasteiger partial charge in [-0.05, 0) is 55.9 Å². The third kappa shape index (κ3) is 2.34. The normalized spacial score (nSPS) is 27.0. The first-order valence-electron chi connectivity index (χ1n) is 8.04. The summed E-state index contributed by atoms with van der Waals surface area (Å²) in [7, 11) is 0. The molecule has 3 fully saturated rings. The van der Waals surface area contributed by atoms with Crippen molar-refractivity contribution in [3.8, 4) is 0 Å². The van der Waals surface area contributed by atoms with Gasteiger partial charge in [-0.25, -0.2) is 4.98 Å². The van der Waals surface area contributed by atoms with Crippen LogP contribution in [0.5, 0.6) is 0 Å². The lowest BCUT2D eigenvalue weighted by atomic mass is 9.39. The van der Waals surface area contributed by atoms with Crippen LogP contribution in [0.4, 0.5) is 0 Å². The molecule has 0 radical (unpaired) electrons. The molecule has 3 aliphatic carbocycles. The van der Waals surface area contributed by atoms with E-state index in [4.69, 9.17) is 21.0 Å². The van der Waals surface area contributed by atoms with Crippen LogP contribution in [0.2, 0.25) is 5.02 Å². The number of amides is 1. The van der Waals surface area contributed by atoms with Crippen molar-refractivity contribution in [3.05, 3.63) is 46.1 Å². The van der Waals surface area contributed by atoms with Gasteiger partial charge in [-0.2, -0.15) is 0 Å². The van der Waals surface area contributed by atoms with Crippen LogP contribution < -0.4 is 5.32 Å². The number of nitrogens with one attached hydrogen (secondary N) is 1. The molecule has 3 saturated carbocycles. The van der Waals surface area contributed by atoms with Crippen molar-refractivity contribution in [2.75, 3.05) is 6.26 Å². The minimum absolute atomic E-state index is 0.0844. The van der Waals surface area contributed by atoms with Gasteiger partial charge in [0.05, 0.1) is 10.2 Å². The van der Waals surface area contributed by atoms with Crippen molar-refractivity contribution < 1.29 is 9.21 Å². The first-order chi connectivity index (χ1) is 12.0. The van der Waals surface area contributed by atoms with Crippen molar-refractivity contribution >= 4 is 50.8 Å². The first kappa shape index (κ1) is 15.7. The molecule has 2 heterocycles. The van der Waals surface area contributed by atoms with Gasteiger partial charge < -0.3 is 9.73 Å². The maximum atomic E-state index is 12.4. The molecule has 3 aliphatic rings. The van der Waals surface area contributed by atoms with E-state index in [1.807, 2.05) is 30.5 Å². The topological polar surface area (TPSA) is 55.1 Å². The Labute approximate surface area is 158 Å². The molecular weight excluding hydrogens is 376 g/mol. The zero-order valence-corrected chi connectivity index (χ0v) is 15.9. The zero-order chi connectivity index (χ0) is 17.2. The molecule has 25 heavy (non-hydrogen) atoms. The summed E-state index contributed by atoms with van der Waals surface area (Å²) < 4.78 is 6.68. The summed E-state index contributed by atoms with van der Waals surface area (Å²) in [5, 5.41) is 5.81. The molecular formula is C18H15ClN2O2S2. The molecule has 0 atom stereocenters. The standard InChI is InChI=1S/C18H15ClN2O2S2/c1-24-14-5-3-12(23-14)15(22)21-18-7-17(8-18,9-18)16-20-11-6-10(19)2-4-13(11)25-16/h2-6H,7-9H2,1H3,(H,21,22). The molecule has 0 aliphatic heterocycles. The van der Waals surface area contributed by atoms with Gasteiger partial charge in [0.2, 0.25) is 0 Å². The minimum Gasteiger partial charge on any atom is -0.445 e. The number of thioether (sulfide) groups is 1. The molecule has 0 unspecified atom stereocenters. The van der Waals surface area contributed by atoms with E-state index in [2.05, 4.69) is 5.32 Å². The number of hydrogen-bond acceptors (Lipinski definition) is 5. The Morgan fingerprint density at radius 2 is 2.12 bits per heavy atom. The number of rotatable bonds is 4. The van der Waals surface area contributed by atoms with E-state index in [0.29, 0.717) is 10.8 Å². The van der Waals surface area contributed by atoms with E-state index in [-0.39, 0.29) is 16.9 Å². The SMILES string of the molecule is CSc1ccc(C(=O)NC23CC(c4nc5cc(Cl)ccc5s4)(C2)C3)o1. The molecule has 1 N–H and O–H groups in total. The number of furan rings is 1. The maximum Gasteiger partial charge on any atom is 0.287 e. The van der Waals surface area contributed by atoms with Crippen molar-refractivity contribution in [1.29, 1.82) is 0 Å². The second kappa shape index (κ2) is 5.25. The summed E-state index contributed by atoms with van der Waals surface area (Å²) >= 11 is 9.29. The number of carbonyl (C=O) groups is 1. The van der Waals surface area contributed by atoms with Gasteiger partial charge in [-0.3, -0.25) is 4.79 Å². The molecule has 6 rings (SSSR count). The molecule has 2 aromatic heterocycles. The van der Waals surface area contributed by atoms with Crippen molar-refractivity contribution in [2.45, 2.75) is 35.3 Å². The van der Waals surface area contributed by atoms with E-state index >= 15 is 0 Å². The predicted octanol–water partition coefficient (Wildman–Crippen LogP) is 4.87. The number of aromatic nitrogens is 1. The van der Waals surface area contributed by atoms with Crippen molar-refractivity contribution in [2.24, 2.45) is 0 Å². The van der Waals surface area contributed by atoms with Crippen LogP contribution >= 0.6 is 34.7 Å². The number of fused-ring (bicyclic) bond motifs is 1. The van der Waals surface area contributed by atoms with Gasteiger partial charge in [0.15, 0.2) is 10.9 Å². The molecule has 1 amide bonds. The predicted molar refractivity (Wildman–Crippen MR) is 101 cm³/mol. The van der Waals surface area contributed by atoms with Crippen LogP contribution in [0, 0.1) is 0 Å². The highest BCUT2D eigenvalue weighted by atomic mass is 35.5. The summed E-state index contributed by atoms with van der Waals surface area (Å²) in [6.45, 7) is 0. The van der Waals surface area contributed by atoms with Gasteiger partial charge in [0.25, 0.3) is 5.91 Å². The van der Waals surface area contributed by atoms with E-state index in [9.17, 15) is 4.79 Å². The first-order valence-corrected chi connectivity index (χ1v) is 10.5. The van der Waals surface area contributed by atoms with Gasteiger partial charge in [0, 0.05) is 16.0 Å². The summed E-state index contributed by atoms with van der Waals surface area (Å²) in [6, 6.07) is 9.42. The summed E-state index contributed by atoms with van der Waals surface area (Å²) in [5.74, 6) is 0.266. The van der Waals surface area contributed by atoms with Gasteiger partial charge >= 0.3 is 0 Å². The molecule has 0 spiro atoms. The van der Waals surface area contributed by atoms with Gasteiger partial charge in [-0.1, -0.05) is 23.4 Å². The fourth-order valence-electron chi connectivity index (χ4n) is 4.13. The van der Waals surface area contributed by atoms with Gasteiger partial charge in [0.1, 0.15) is 5.01 Å². The van der Waals surface area contributed by atoms with E-state index in [0.717, 1.165) is 29.9 Å². The van der Waals surface area contributed by atoms with Crippen LogP contribution in [0.15, 0.2) is 39.8 Å². The number of nitrogens with zero attached hydrogens (tertiary/aromatic N) is 1. The third-order valence-corrected chi connectivity index (χ3v) is 7.36. The number of thiazole rings is 1. The molecule has 7 heteroatoms. The van der Waals surface area contributed by atoms with Crippen LogP contribution in [0.3, 0.4) is 0 Å². The van der Waals surface area contributed by atoms with Crippen molar-refractivity contribution in [3.63, 3.8) is 0 Å². The Balaban J connectivity index is 1.30. The van der Waals surface area contributed by atoms with Crippen LogP contribution in [0.1, 0.15) is 34.8 Å². The van der Waals surface area contributed by atoms with E-state index in [1.54, 1.807) is 17.4 Å². The number of benzene rings is 1. The number of hydrogen-bond donors (Lipinski definition) is 1. The summed E-state index contributed by atoms with van der Waals surface area (Å²) in [6.07, 6.45) is 4.79. The van der Waals surface area contributed by atoms with Crippen LogP contribution in [0.25, 0.3) is 10.2 Å². The fourth-order valence-corrected chi connectivity index (χ4v) is 5.80. The number of carbonyl (C=O) groups excluding carboxylic acids is 1. The summed E-state index contributed by atoms with van der Waals surface area (Å²) in [4.78, 5) is 17.2. The fraction of sp³-hybridized carbons (Fsp3) is 0.333. The molecule has 4 nitrogen and oxygen atoms in total. The van der Waals surface area contributed by atoms with Crippen LogP contribution in [-0.2, 0) is 5.41 Å². The highest BCUT2D eigenvalue weighted by Gasteiger charge is 2.70. The molecule has 2 bridgehead atoms. The average molecular weight is 391 g/mol. The highest BCUT2D eigenvalue weighted by Crippen LogP contribution is 2.68. The smallest absolute Gasteiger partial charge is 0.287 e. The highest BCUT2D eigenvalue weighted by molar-refractivity contribution is 7.98. The van der Waals surface area contributed by atoms with Crippen LogP contribution in [-0.4, -0.2) is 22.7 Å². The van der Waals surface area contributed by atoms with E-state index < -0.39 is 0 Å². The number of halogens is 1. The van der Waals surface area contributed by atoms with Crippen molar-refractivity contribution in [1.82, 2.24) is 10.3 Å². The molecule has 1 aromatic carbocycles. The zero-order valence-electron chi connectivity index (χ0n) is 13.5. The quantitative estimate of drug-likeness (QED) is 0.646. The molecule has 128 valence electrons. The Morgan fingerprint density at radius 1 is 1.32 bits per heavy atom. The van der Waals surface area contributed by atoms with E-state index in [1.165, 1.54) is 21.5 Å². The monoisotopic (exact) mass is 390 g/mol.